The Morgan fingerprint density at radius 2 is 2.09 bits per heavy atom. The summed E-state index contributed by atoms with van der Waals surface area (Å²) in [6.07, 6.45) is 2.50. The van der Waals surface area contributed by atoms with Gasteiger partial charge in [-0.15, -0.1) is 0 Å². The maximum absolute atomic E-state index is 12.9. The molecule has 0 saturated carbocycles. The first-order valence-electron chi connectivity index (χ1n) is 6.85. The lowest BCUT2D eigenvalue weighted by molar-refractivity contribution is 0.103. The second-order valence-corrected chi connectivity index (χ2v) is 6.18. The molecule has 112 valence electrons. The van der Waals surface area contributed by atoms with E-state index in [1.807, 2.05) is 35.7 Å². The highest BCUT2D eigenvalue weighted by molar-refractivity contribution is 9.10. The Bertz CT molecular complexity index is 886. The minimum absolute atomic E-state index is 0.102. The van der Waals surface area contributed by atoms with Crippen molar-refractivity contribution in [1.29, 1.82) is 0 Å². The smallest absolute Gasteiger partial charge is 0.210 e. The van der Waals surface area contributed by atoms with Crippen molar-refractivity contribution in [2.75, 3.05) is 0 Å². The van der Waals surface area contributed by atoms with E-state index in [1.165, 1.54) is 6.07 Å². The Morgan fingerprint density at radius 1 is 1.32 bits per heavy atom. The molecule has 2 heterocycles. The molecule has 3 aromatic rings. The highest BCUT2D eigenvalue weighted by Crippen LogP contribution is 2.32. The Labute approximate surface area is 141 Å². The molecule has 3 rings (SSSR count). The first kappa shape index (κ1) is 15.1. The lowest BCUT2D eigenvalue weighted by Crippen LogP contribution is -2.08. The highest BCUT2D eigenvalue weighted by Gasteiger charge is 2.22. The quantitative estimate of drug-likeness (QED) is 0.662. The predicted molar refractivity (Wildman–Crippen MR) is 91.0 cm³/mol. The first-order valence-corrected chi connectivity index (χ1v) is 8.02. The summed E-state index contributed by atoms with van der Waals surface area (Å²) >= 11 is 9.67. The predicted octanol–water partition coefficient (Wildman–Crippen LogP) is 4.85. The lowest BCUT2D eigenvalue weighted by Gasteiger charge is -2.06. The number of ketones is 1. The number of phenolic OH excluding ortho intramolecular Hbond substituents is 1. The summed E-state index contributed by atoms with van der Waals surface area (Å²) in [5.41, 5.74) is 2.73. The average Bonchev–Trinajstić information content (AvgIpc) is 2.82. The van der Waals surface area contributed by atoms with Gasteiger partial charge in [0.1, 0.15) is 5.75 Å². The van der Waals surface area contributed by atoms with Crippen molar-refractivity contribution >= 4 is 38.8 Å². The number of pyridine rings is 1. The molecule has 0 bridgehead atoms. The van der Waals surface area contributed by atoms with Gasteiger partial charge in [0.2, 0.25) is 5.78 Å². The van der Waals surface area contributed by atoms with E-state index in [-0.39, 0.29) is 11.5 Å². The molecule has 22 heavy (non-hydrogen) atoms. The zero-order valence-electron chi connectivity index (χ0n) is 11.8. The maximum atomic E-state index is 12.9. The number of halogens is 2. The van der Waals surface area contributed by atoms with Crippen molar-refractivity contribution in [3.63, 3.8) is 0 Å². The van der Waals surface area contributed by atoms with Gasteiger partial charge in [-0.05, 0) is 52.7 Å². The van der Waals surface area contributed by atoms with Crippen LogP contribution in [0.15, 0.2) is 47.1 Å². The van der Waals surface area contributed by atoms with Crippen LogP contribution >= 0.6 is 27.5 Å². The van der Waals surface area contributed by atoms with Crippen LogP contribution in [0.1, 0.15) is 28.5 Å². The molecule has 0 aliphatic rings. The fraction of sp³-hybridized carbons (Fsp3) is 0.118. The van der Waals surface area contributed by atoms with Crippen LogP contribution in [0.3, 0.4) is 0 Å². The SMILES string of the molecule is CCc1c(Cl)c2ccccn2c1C(=O)c1ccc(O)c(Br)c1. The lowest BCUT2D eigenvalue weighted by atomic mass is 10.0. The largest absolute Gasteiger partial charge is 0.507 e. The number of aromatic nitrogens is 1. The molecule has 5 heteroatoms. The normalized spacial score (nSPS) is 11.0. The minimum Gasteiger partial charge on any atom is -0.507 e. The van der Waals surface area contributed by atoms with Crippen LogP contribution in [0.5, 0.6) is 5.75 Å². The molecular weight excluding hydrogens is 366 g/mol. The molecular formula is C17H13BrClNO2. The molecule has 0 aliphatic carbocycles. The molecule has 2 aromatic heterocycles. The molecule has 3 nitrogen and oxygen atoms in total. The molecule has 0 radical (unpaired) electrons. The number of carbonyl (C=O) groups excluding carboxylic acids is 1. The molecule has 0 aliphatic heterocycles. The van der Waals surface area contributed by atoms with Crippen molar-refractivity contribution in [2.24, 2.45) is 0 Å². The van der Waals surface area contributed by atoms with Gasteiger partial charge in [-0.3, -0.25) is 4.79 Å². The molecule has 1 aromatic carbocycles. The van der Waals surface area contributed by atoms with Crippen LogP contribution in [-0.4, -0.2) is 15.3 Å². The summed E-state index contributed by atoms with van der Waals surface area (Å²) in [7, 11) is 0. The van der Waals surface area contributed by atoms with Crippen molar-refractivity contribution in [2.45, 2.75) is 13.3 Å². The van der Waals surface area contributed by atoms with Crippen LogP contribution in [0, 0.1) is 0 Å². The van der Waals surface area contributed by atoms with E-state index in [0.29, 0.717) is 27.2 Å². The van der Waals surface area contributed by atoms with E-state index in [9.17, 15) is 9.90 Å². The van der Waals surface area contributed by atoms with Crippen LogP contribution in [0.4, 0.5) is 0 Å². The van der Waals surface area contributed by atoms with Gasteiger partial charge >= 0.3 is 0 Å². The topological polar surface area (TPSA) is 41.7 Å². The van der Waals surface area contributed by atoms with Crippen LogP contribution in [-0.2, 0) is 6.42 Å². The number of hydrogen-bond acceptors (Lipinski definition) is 2. The molecule has 0 amide bonds. The van der Waals surface area contributed by atoms with Gasteiger partial charge < -0.3 is 9.51 Å². The van der Waals surface area contributed by atoms with Gasteiger partial charge in [0.05, 0.1) is 20.7 Å². The van der Waals surface area contributed by atoms with Crippen molar-refractivity contribution < 1.29 is 9.90 Å². The van der Waals surface area contributed by atoms with Gasteiger partial charge in [0.25, 0.3) is 0 Å². The van der Waals surface area contributed by atoms with Crippen LogP contribution in [0.25, 0.3) is 5.52 Å². The Morgan fingerprint density at radius 3 is 2.77 bits per heavy atom. The maximum Gasteiger partial charge on any atom is 0.210 e. The minimum atomic E-state index is -0.120. The summed E-state index contributed by atoms with van der Waals surface area (Å²) in [4.78, 5) is 12.9. The third kappa shape index (κ3) is 2.32. The van der Waals surface area contributed by atoms with Crippen molar-refractivity contribution in [1.82, 2.24) is 4.40 Å². The average molecular weight is 379 g/mol. The summed E-state index contributed by atoms with van der Waals surface area (Å²) in [6.45, 7) is 1.98. The van der Waals surface area contributed by atoms with Gasteiger partial charge in [-0.2, -0.15) is 0 Å². The number of carbonyl (C=O) groups is 1. The summed E-state index contributed by atoms with van der Waals surface area (Å²) in [5.74, 6) is -0.0176. The third-order valence-electron chi connectivity index (χ3n) is 3.65. The van der Waals surface area contributed by atoms with Gasteiger partial charge in [-0.25, -0.2) is 0 Å². The molecule has 0 fully saturated rings. The molecule has 1 N–H and O–H groups in total. The Hall–Kier alpha value is -1.78. The zero-order valence-corrected chi connectivity index (χ0v) is 14.1. The van der Waals surface area contributed by atoms with Crippen molar-refractivity contribution in [3.05, 3.63) is 68.9 Å². The van der Waals surface area contributed by atoms with Crippen LogP contribution in [0.2, 0.25) is 5.02 Å². The number of hydrogen-bond donors (Lipinski definition) is 1. The molecule has 0 spiro atoms. The van der Waals surface area contributed by atoms with E-state index >= 15 is 0 Å². The first-order chi connectivity index (χ1) is 10.5. The number of benzene rings is 1. The third-order valence-corrected chi connectivity index (χ3v) is 4.71. The second kappa shape index (κ2) is 5.78. The zero-order chi connectivity index (χ0) is 15.9. The standard InChI is InChI=1S/C17H13BrClNO2/c1-2-11-15(19)13-5-3-4-8-20(13)16(11)17(22)10-6-7-14(21)12(18)9-10/h3-9,21H,2H2,1H3. The van der Waals surface area contributed by atoms with Crippen LogP contribution < -0.4 is 0 Å². The second-order valence-electron chi connectivity index (χ2n) is 4.95. The number of rotatable bonds is 3. The fourth-order valence-corrected chi connectivity index (χ4v) is 3.33. The number of fused-ring (bicyclic) bond motifs is 1. The fourth-order valence-electron chi connectivity index (χ4n) is 2.57. The van der Waals surface area contributed by atoms with Gasteiger partial charge in [-0.1, -0.05) is 24.6 Å². The van der Waals surface area contributed by atoms with Crippen molar-refractivity contribution in [3.8, 4) is 5.75 Å². The Balaban J connectivity index is 2.24. The van der Waals surface area contributed by atoms with E-state index in [4.69, 9.17) is 11.6 Å². The number of aromatic hydroxyl groups is 1. The van der Waals surface area contributed by atoms with E-state index in [2.05, 4.69) is 15.9 Å². The summed E-state index contributed by atoms with van der Waals surface area (Å²) in [6, 6.07) is 10.4. The number of nitrogens with zero attached hydrogens (tertiary/aromatic N) is 1. The van der Waals surface area contributed by atoms with E-state index in [1.54, 1.807) is 12.1 Å². The molecule has 0 saturated heterocycles. The van der Waals surface area contributed by atoms with E-state index < -0.39 is 0 Å². The highest BCUT2D eigenvalue weighted by atomic mass is 79.9. The Kier molecular flexibility index (Phi) is 3.98. The monoisotopic (exact) mass is 377 g/mol. The summed E-state index contributed by atoms with van der Waals surface area (Å²) < 4.78 is 2.31. The van der Waals surface area contributed by atoms with E-state index in [0.717, 1.165) is 11.1 Å². The number of phenols is 1. The summed E-state index contributed by atoms with van der Waals surface area (Å²) in [5, 5.41) is 10.2. The molecule has 0 unspecified atom stereocenters. The molecule has 0 atom stereocenters. The van der Waals surface area contributed by atoms with Gasteiger partial charge in [0.15, 0.2) is 0 Å². The van der Waals surface area contributed by atoms with Gasteiger partial charge in [0, 0.05) is 17.3 Å².